The summed E-state index contributed by atoms with van der Waals surface area (Å²) in [5.41, 5.74) is 1.78. The Hall–Kier alpha value is -1.59. The molecule has 124 valence electrons. The summed E-state index contributed by atoms with van der Waals surface area (Å²) in [7, 11) is 5.81. The first-order valence-corrected chi connectivity index (χ1v) is 7.53. The summed E-state index contributed by atoms with van der Waals surface area (Å²) in [5.74, 6) is -0.0807. The van der Waals surface area contributed by atoms with Gasteiger partial charge in [0.1, 0.15) is 0 Å². The van der Waals surface area contributed by atoms with E-state index in [4.69, 9.17) is 0 Å². The monoisotopic (exact) mass is 307 g/mol. The van der Waals surface area contributed by atoms with E-state index in [2.05, 4.69) is 26.1 Å². The molecule has 0 heterocycles. The van der Waals surface area contributed by atoms with Gasteiger partial charge in [0.2, 0.25) is 5.91 Å². The van der Waals surface area contributed by atoms with E-state index < -0.39 is 0 Å². The summed E-state index contributed by atoms with van der Waals surface area (Å²) in [4.78, 5) is 16.0. The maximum absolute atomic E-state index is 12.1. The molecule has 1 rings (SSSR count). The fourth-order valence-corrected chi connectivity index (χ4v) is 2.45. The van der Waals surface area contributed by atoms with Crippen molar-refractivity contribution >= 4 is 17.3 Å². The molecule has 0 aromatic heterocycles. The summed E-state index contributed by atoms with van der Waals surface area (Å²) in [6.45, 7) is 6.45. The summed E-state index contributed by atoms with van der Waals surface area (Å²) < 4.78 is 0. The first-order valence-electron chi connectivity index (χ1n) is 7.53. The third-order valence-electron chi connectivity index (χ3n) is 3.77. The van der Waals surface area contributed by atoms with E-state index in [0.717, 1.165) is 11.4 Å². The third-order valence-corrected chi connectivity index (χ3v) is 3.77. The normalized spacial score (nSPS) is 13.1. The van der Waals surface area contributed by atoms with Crippen LogP contribution in [0.2, 0.25) is 0 Å². The van der Waals surface area contributed by atoms with Crippen molar-refractivity contribution in [3.05, 3.63) is 24.3 Å². The van der Waals surface area contributed by atoms with Crippen molar-refractivity contribution in [2.75, 3.05) is 44.5 Å². The van der Waals surface area contributed by atoms with E-state index in [1.807, 2.05) is 55.2 Å². The molecule has 0 spiro atoms. The SMILES string of the molecule is CN(C)c1ccc(NC(=O)CN(C)C(CO)C(C)(C)C)cc1. The quantitative estimate of drug-likeness (QED) is 0.844. The Morgan fingerprint density at radius 3 is 2.14 bits per heavy atom. The Kier molecular flexibility index (Phi) is 6.38. The Balaban J connectivity index is 2.62. The minimum atomic E-state index is -0.0862. The standard InChI is InChI=1S/C17H29N3O2/c1-17(2,3)15(12-21)20(6)11-16(22)18-13-7-9-14(10-8-13)19(4)5/h7-10,15,21H,11-12H2,1-6H3,(H,18,22). The number of nitrogens with one attached hydrogen (secondary N) is 1. The smallest absolute Gasteiger partial charge is 0.238 e. The zero-order chi connectivity index (χ0) is 16.9. The van der Waals surface area contributed by atoms with E-state index in [9.17, 15) is 9.90 Å². The molecule has 1 amide bonds. The minimum absolute atomic E-state index is 0.0326. The maximum atomic E-state index is 12.1. The molecule has 1 aromatic carbocycles. The third kappa shape index (κ3) is 5.31. The van der Waals surface area contributed by atoms with Gasteiger partial charge in [-0.1, -0.05) is 20.8 Å². The zero-order valence-electron chi connectivity index (χ0n) is 14.6. The number of hydrogen-bond donors (Lipinski definition) is 2. The number of aliphatic hydroxyl groups excluding tert-OH is 1. The number of carbonyl (C=O) groups excluding carboxylic acids is 1. The highest BCUT2D eigenvalue weighted by Crippen LogP contribution is 2.23. The highest BCUT2D eigenvalue weighted by atomic mass is 16.3. The van der Waals surface area contributed by atoms with Crippen LogP contribution >= 0.6 is 0 Å². The van der Waals surface area contributed by atoms with Crippen molar-refractivity contribution in [2.24, 2.45) is 5.41 Å². The average Bonchev–Trinajstić information content (AvgIpc) is 2.37. The fourth-order valence-electron chi connectivity index (χ4n) is 2.45. The molecule has 0 saturated carbocycles. The van der Waals surface area contributed by atoms with Crippen LogP contribution in [0.15, 0.2) is 24.3 Å². The second-order valence-electron chi connectivity index (χ2n) is 6.97. The highest BCUT2D eigenvalue weighted by molar-refractivity contribution is 5.92. The van der Waals surface area contributed by atoms with Crippen molar-refractivity contribution in [1.29, 1.82) is 0 Å². The van der Waals surface area contributed by atoms with Crippen LogP contribution < -0.4 is 10.2 Å². The van der Waals surface area contributed by atoms with Crippen LogP contribution in [-0.4, -0.2) is 56.3 Å². The number of nitrogens with zero attached hydrogens (tertiary/aromatic N) is 2. The highest BCUT2D eigenvalue weighted by Gasteiger charge is 2.28. The van der Waals surface area contributed by atoms with Crippen LogP contribution in [0, 0.1) is 5.41 Å². The van der Waals surface area contributed by atoms with Crippen LogP contribution in [-0.2, 0) is 4.79 Å². The van der Waals surface area contributed by atoms with Crippen LogP contribution in [0.1, 0.15) is 20.8 Å². The van der Waals surface area contributed by atoms with Gasteiger partial charge in [0.15, 0.2) is 0 Å². The van der Waals surface area contributed by atoms with Gasteiger partial charge in [-0.15, -0.1) is 0 Å². The lowest BCUT2D eigenvalue weighted by Crippen LogP contribution is -2.47. The average molecular weight is 307 g/mol. The predicted octanol–water partition coefficient (Wildman–Crippen LogP) is 2.03. The Morgan fingerprint density at radius 1 is 1.18 bits per heavy atom. The van der Waals surface area contributed by atoms with Gasteiger partial charge in [0.25, 0.3) is 0 Å². The molecule has 0 aliphatic rings. The molecule has 0 radical (unpaired) electrons. The molecule has 1 aromatic rings. The molecular weight excluding hydrogens is 278 g/mol. The van der Waals surface area contributed by atoms with Gasteiger partial charge in [-0.2, -0.15) is 0 Å². The number of aliphatic hydroxyl groups is 1. The minimum Gasteiger partial charge on any atom is -0.395 e. The Morgan fingerprint density at radius 2 is 1.73 bits per heavy atom. The maximum Gasteiger partial charge on any atom is 0.238 e. The molecule has 5 heteroatoms. The van der Waals surface area contributed by atoms with Gasteiger partial charge >= 0.3 is 0 Å². The van der Waals surface area contributed by atoms with Gasteiger partial charge in [0.05, 0.1) is 13.2 Å². The molecule has 0 saturated heterocycles. The van der Waals surface area contributed by atoms with Gasteiger partial charge in [0, 0.05) is 31.5 Å². The largest absolute Gasteiger partial charge is 0.395 e. The number of likely N-dealkylation sites (N-methyl/N-ethyl adjacent to an activating group) is 1. The van der Waals surface area contributed by atoms with Crippen LogP contribution in [0.3, 0.4) is 0 Å². The molecular formula is C17H29N3O2. The number of benzene rings is 1. The van der Waals surface area contributed by atoms with Gasteiger partial charge in [-0.05, 0) is 36.7 Å². The number of anilines is 2. The summed E-state index contributed by atoms with van der Waals surface area (Å²) >= 11 is 0. The Labute approximate surface area is 133 Å². The molecule has 2 N–H and O–H groups in total. The number of hydrogen-bond acceptors (Lipinski definition) is 4. The van der Waals surface area contributed by atoms with Gasteiger partial charge in [-0.25, -0.2) is 0 Å². The van der Waals surface area contributed by atoms with E-state index >= 15 is 0 Å². The molecule has 0 bridgehead atoms. The van der Waals surface area contributed by atoms with Gasteiger partial charge < -0.3 is 15.3 Å². The number of rotatable bonds is 6. The molecule has 5 nitrogen and oxygen atoms in total. The van der Waals surface area contributed by atoms with Crippen molar-refractivity contribution in [3.8, 4) is 0 Å². The van der Waals surface area contributed by atoms with E-state index in [1.54, 1.807) is 0 Å². The number of amides is 1. The lowest BCUT2D eigenvalue weighted by molar-refractivity contribution is -0.118. The molecule has 0 aliphatic heterocycles. The predicted molar refractivity (Wildman–Crippen MR) is 92.4 cm³/mol. The molecule has 1 atom stereocenters. The first-order chi connectivity index (χ1) is 10.1. The Bertz CT molecular complexity index is 478. The molecule has 22 heavy (non-hydrogen) atoms. The topological polar surface area (TPSA) is 55.8 Å². The summed E-state index contributed by atoms with van der Waals surface area (Å²) in [5, 5.41) is 12.4. The second kappa shape index (κ2) is 7.61. The molecule has 0 fully saturated rings. The molecule has 1 unspecified atom stereocenters. The zero-order valence-corrected chi connectivity index (χ0v) is 14.6. The van der Waals surface area contributed by atoms with Crippen LogP contribution in [0.25, 0.3) is 0 Å². The first kappa shape index (κ1) is 18.5. The molecule has 0 aliphatic carbocycles. The van der Waals surface area contributed by atoms with Crippen molar-refractivity contribution in [3.63, 3.8) is 0 Å². The lowest BCUT2D eigenvalue weighted by atomic mass is 9.86. The summed E-state index contributed by atoms with van der Waals surface area (Å²) in [6, 6.07) is 7.64. The van der Waals surface area contributed by atoms with Crippen molar-refractivity contribution < 1.29 is 9.90 Å². The van der Waals surface area contributed by atoms with Crippen molar-refractivity contribution in [1.82, 2.24) is 4.90 Å². The summed E-state index contributed by atoms with van der Waals surface area (Å²) in [6.07, 6.45) is 0. The van der Waals surface area contributed by atoms with Crippen molar-refractivity contribution in [2.45, 2.75) is 26.8 Å². The fraction of sp³-hybridized carbons (Fsp3) is 0.588. The number of carbonyl (C=O) groups is 1. The van der Waals surface area contributed by atoms with Crippen LogP contribution in [0.4, 0.5) is 11.4 Å². The van der Waals surface area contributed by atoms with E-state index in [-0.39, 0.29) is 30.5 Å². The second-order valence-corrected chi connectivity index (χ2v) is 6.97. The lowest BCUT2D eigenvalue weighted by Gasteiger charge is -2.36. The van der Waals surface area contributed by atoms with Gasteiger partial charge in [-0.3, -0.25) is 9.69 Å². The van der Waals surface area contributed by atoms with E-state index in [0.29, 0.717) is 0 Å². The van der Waals surface area contributed by atoms with Crippen LogP contribution in [0.5, 0.6) is 0 Å². The van der Waals surface area contributed by atoms with E-state index in [1.165, 1.54) is 0 Å².